The second kappa shape index (κ2) is 6.68. The fraction of sp³-hybridized carbons (Fsp3) is 0.250. The summed E-state index contributed by atoms with van der Waals surface area (Å²) in [7, 11) is 4.59. The number of ether oxygens (including phenoxy) is 3. The van der Waals surface area contributed by atoms with Crippen LogP contribution in [0.3, 0.4) is 0 Å². The summed E-state index contributed by atoms with van der Waals surface area (Å²) < 4.78 is 29.3. The SMILES string of the molecule is COc1ccc(C(Cl)c2cccc(F)c2)c(OC)c1OC. The van der Waals surface area contributed by atoms with Crippen molar-refractivity contribution in [2.45, 2.75) is 5.38 Å². The highest BCUT2D eigenvalue weighted by atomic mass is 35.5. The molecule has 5 heteroatoms. The number of rotatable bonds is 5. The standard InChI is InChI=1S/C16H16ClFO3/c1-19-13-8-7-12(15(20-2)16(13)21-3)14(17)10-5-4-6-11(18)9-10/h4-9,14H,1-3H3. The molecule has 1 atom stereocenters. The number of alkyl halides is 1. The van der Waals surface area contributed by atoms with E-state index >= 15 is 0 Å². The molecule has 21 heavy (non-hydrogen) atoms. The molecular formula is C16H16ClFO3. The zero-order chi connectivity index (χ0) is 15.4. The average molecular weight is 311 g/mol. The molecule has 0 radical (unpaired) electrons. The van der Waals surface area contributed by atoms with Gasteiger partial charge < -0.3 is 14.2 Å². The highest BCUT2D eigenvalue weighted by Crippen LogP contribution is 2.45. The van der Waals surface area contributed by atoms with Gasteiger partial charge in [-0.1, -0.05) is 12.1 Å². The number of halogens is 2. The topological polar surface area (TPSA) is 27.7 Å². The molecule has 0 heterocycles. The lowest BCUT2D eigenvalue weighted by atomic mass is 10.0. The quantitative estimate of drug-likeness (QED) is 0.775. The summed E-state index contributed by atoms with van der Waals surface area (Å²) in [5.41, 5.74) is 1.32. The van der Waals surface area contributed by atoms with Crippen molar-refractivity contribution in [2.24, 2.45) is 0 Å². The Morgan fingerprint density at radius 1 is 0.952 bits per heavy atom. The van der Waals surface area contributed by atoms with Crippen LogP contribution in [0.4, 0.5) is 4.39 Å². The average Bonchev–Trinajstić information content (AvgIpc) is 2.52. The van der Waals surface area contributed by atoms with E-state index in [9.17, 15) is 4.39 Å². The lowest BCUT2D eigenvalue weighted by Crippen LogP contribution is -2.02. The normalized spacial score (nSPS) is 11.9. The molecule has 0 fully saturated rings. The van der Waals surface area contributed by atoms with Crippen LogP contribution in [0.5, 0.6) is 17.2 Å². The van der Waals surface area contributed by atoms with E-state index in [1.807, 2.05) is 0 Å². The third kappa shape index (κ3) is 3.05. The molecular weight excluding hydrogens is 295 g/mol. The molecule has 0 aliphatic rings. The molecule has 0 saturated carbocycles. The molecule has 112 valence electrons. The Bertz CT molecular complexity index is 631. The van der Waals surface area contributed by atoms with E-state index in [-0.39, 0.29) is 5.82 Å². The summed E-state index contributed by atoms with van der Waals surface area (Å²) in [4.78, 5) is 0. The van der Waals surface area contributed by atoms with Crippen LogP contribution < -0.4 is 14.2 Å². The maximum Gasteiger partial charge on any atom is 0.203 e. The van der Waals surface area contributed by atoms with Crippen molar-refractivity contribution in [1.29, 1.82) is 0 Å². The molecule has 0 bridgehead atoms. The molecule has 2 aromatic rings. The Kier molecular flexibility index (Phi) is 4.91. The smallest absolute Gasteiger partial charge is 0.203 e. The number of hydrogen-bond acceptors (Lipinski definition) is 3. The van der Waals surface area contributed by atoms with Crippen molar-refractivity contribution < 1.29 is 18.6 Å². The maximum absolute atomic E-state index is 13.4. The molecule has 0 amide bonds. The van der Waals surface area contributed by atoms with Gasteiger partial charge >= 0.3 is 0 Å². The van der Waals surface area contributed by atoms with Crippen LogP contribution in [0, 0.1) is 5.82 Å². The first-order valence-corrected chi connectivity index (χ1v) is 6.74. The minimum absolute atomic E-state index is 0.336. The van der Waals surface area contributed by atoms with Crippen molar-refractivity contribution in [2.75, 3.05) is 21.3 Å². The molecule has 1 unspecified atom stereocenters. The van der Waals surface area contributed by atoms with Gasteiger partial charge in [0, 0.05) is 5.56 Å². The highest BCUT2D eigenvalue weighted by molar-refractivity contribution is 6.22. The highest BCUT2D eigenvalue weighted by Gasteiger charge is 2.22. The maximum atomic E-state index is 13.4. The van der Waals surface area contributed by atoms with Gasteiger partial charge in [0.25, 0.3) is 0 Å². The third-order valence-corrected chi connectivity index (χ3v) is 3.64. The Hall–Kier alpha value is -1.94. The van der Waals surface area contributed by atoms with Crippen molar-refractivity contribution in [1.82, 2.24) is 0 Å². The van der Waals surface area contributed by atoms with Crippen LogP contribution >= 0.6 is 11.6 Å². The van der Waals surface area contributed by atoms with E-state index in [0.29, 0.717) is 28.4 Å². The minimum Gasteiger partial charge on any atom is -0.493 e. The molecule has 2 rings (SSSR count). The summed E-state index contributed by atoms with van der Waals surface area (Å²) in [6.45, 7) is 0. The molecule has 2 aromatic carbocycles. The van der Waals surface area contributed by atoms with Crippen LogP contribution in [0.1, 0.15) is 16.5 Å². The van der Waals surface area contributed by atoms with Crippen LogP contribution in [0.25, 0.3) is 0 Å². The molecule has 0 aliphatic heterocycles. The lowest BCUT2D eigenvalue weighted by molar-refractivity contribution is 0.322. The van der Waals surface area contributed by atoms with Gasteiger partial charge in [-0.2, -0.15) is 0 Å². The van der Waals surface area contributed by atoms with Crippen LogP contribution in [-0.4, -0.2) is 21.3 Å². The Labute approximate surface area is 128 Å². The van der Waals surface area contributed by atoms with E-state index in [1.165, 1.54) is 26.4 Å². The second-order valence-electron chi connectivity index (χ2n) is 4.34. The van der Waals surface area contributed by atoms with Gasteiger partial charge in [0.2, 0.25) is 5.75 Å². The third-order valence-electron chi connectivity index (χ3n) is 3.15. The van der Waals surface area contributed by atoms with Crippen LogP contribution in [0.2, 0.25) is 0 Å². The molecule has 0 spiro atoms. The van der Waals surface area contributed by atoms with E-state index in [4.69, 9.17) is 25.8 Å². The molecule has 0 saturated heterocycles. The summed E-state index contributed by atoms with van der Waals surface area (Å²) in [6.07, 6.45) is 0. The van der Waals surface area contributed by atoms with E-state index in [1.54, 1.807) is 31.4 Å². The zero-order valence-corrected chi connectivity index (χ0v) is 12.8. The van der Waals surface area contributed by atoms with E-state index < -0.39 is 5.38 Å². The van der Waals surface area contributed by atoms with Gasteiger partial charge in [0.1, 0.15) is 5.82 Å². The Morgan fingerprint density at radius 2 is 1.67 bits per heavy atom. The fourth-order valence-electron chi connectivity index (χ4n) is 2.17. The minimum atomic E-state index is -0.560. The zero-order valence-electron chi connectivity index (χ0n) is 12.0. The first-order chi connectivity index (χ1) is 10.1. The van der Waals surface area contributed by atoms with Gasteiger partial charge in [-0.05, 0) is 29.8 Å². The summed E-state index contributed by atoms with van der Waals surface area (Å²) >= 11 is 6.47. The number of methoxy groups -OCH3 is 3. The first kappa shape index (κ1) is 15.4. The number of benzene rings is 2. The van der Waals surface area contributed by atoms with Gasteiger partial charge in [-0.15, -0.1) is 11.6 Å². The molecule has 0 aliphatic carbocycles. The van der Waals surface area contributed by atoms with Crippen LogP contribution in [0.15, 0.2) is 36.4 Å². The van der Waals surface area contributed by atoms with Gasteiger partial charge in [-0.3, -0.25) is 0 Å². The summed E-state index contributed by atoms with van der Waals surface area (Å²) in [5, 5.41) is -0.560. The number of hydrogen-bond donors (Lipinski definition) is 0. The largest absolute Gasteiger partial charge is 0.493 e. The predicted molar refractivity (Wildman–Crippen MR) is 80.2 cm³/mol. The van der Waals surface area contributed by atoms with Crippen molar-refractivity contribution >= 4 is 11.6 Å². The van der Waals surface area contributed by atoms with Crippen molar-refractivity contribution in [3.63, 3.8) is 0 Å². The summed E-state index contributed by atoms with van der Waals surface area (Å²) in [6, 6.07) is 9.67. The fourth-order valence-corrected chi connectivity index (χ4v) is 2.48. The van der Waals surface area contributed by atoms with E-state index in [0.717, 1.165) is 0 Å². The Morgan fingerprint density at radius 3 is 2.24 bits per heavy atom. The van der Waals surface area contributed by atoms with Crippen molar-refractivity contribution in [3.05, 3.63) is 53.3 Å². The molecule has 3 nitrogen and oxygen atoms in total. The Balaban J connectivity index is 2.53. The van der Waals surface area contributed by atoms with Gasteiger partial charge in [0.15, 0.2) is 11.5 Å². The lowest BCUT2D eigenvalue weighted by Gasteiger charge is -2.19. The first-order valence-electron chi connectivity index (χ1n) is 6.30. The van der Waals surface area contributed by atoms with Gasteiger partial charge in [-0.25, -0.2) is 4.39 Å². The monoisotopic (exact) mass is 310 g/mol. The van der Waals surface area contributed by atoms with E-state index in [2.05, 4.69) is 0 Å². The van der Waals surface area contributed by atoms with Gasteiger partial charge in [0.05, 0.1) is 26.7 Å². The van der Waals surface area contributed by atoms with Crippen LogP contribution in [-0.2, 0) is 0 Å². The summed E-state index contributed by atoms with van der Waals surface area (Å²) in [5.74, 6) is 1.14. The van der Waals surface area contributed by atoms with Crippen molar-refractivity contribution in [3.8, 4) is 17.2 Å². The molecule has 0 N–H and O–H groups in total. The second-order valence-corrected chi connectivity index (χ2v) is 4.78. The predicted octanol–water partition coefficient (Wildman–Crippen LogP) is 4.18. The molecule has 0 aromatic heterocycles.